The Labute approximate surface area is 91.4 Å². The average molecular weight is 221 g/mol. The Bertz CT molecular complexity index is 421. The molecule has 0 fully saturated rings. The van der Waals surface area contributed by atoms with E-state index in [1.807, 2.05) is 17.7 Å². The highest BCUT2D eigenvalue weighted by Gasteiger charge is 2.12. The lowest BCUT2D eigenvalue weighted by Gasteiger charge is -2.10. The number of H-pyrrole nitrogens is 1. The maximum absolute atomic E-state index is 11.7. The number of aromatic amines is 1. The lowest BCUT2D eigenvalue weighted by molar-refractivity contribution is 0.0939. The largest absolute Gasteiger partial charge is 0.347 e. The fourth-order valence-electron chi connectivity index (χ4n) is 1.26. The first kappa shape index (κ1) is 9.92. The quantitative estimate of drug-likeness (QED) is 0.832. The fourth-order valence-corrected chi connectivity index (χ4v) is 1.89. The van der Waals surface area contributed by atoms with Gasteiger partial charge in [-0.3, -0.25) is 4.79 Å². The second-order valence-corrected chi connectivity index (χ2v) is 3.96. The van der Waals surface area contributed by atoms with Gasteiger partial charge in [-0.1, -0.05) is 0 Å². The zero-order valence-electron chi connectivity index (χ0n) is 8.23. The maximum Gasteiger partial charge on any atom is 0.252 e. The summed E-state index contributed by atoms with van der Waals surface area (Å²) in [7, 11) is 0. The standard InChI is InChI=1S/C10H11N3OS/c1-7(9-11-3-4-12-9)13-10(14)8-2-5-15-6-8/h2-7H,1H3,(H,11,12)(H,13,14). The van der Waals surface area contributed by atoms with E-state index in [9.17, 15) is 4.79 Å². The van der Waals surface area contributed by atoms with Gasteiger partial charge in [0.1, 0.15) is 5.82 Å². The molecule has 0 radical (unpaired) electrons. The topological polar surface area (TPSA) is 57.8 Å². The Hall–Kier alpha value is -1.62. The van der Waals surface area contributed by atoms with Crippen LogP contribution in [0, 0.1) is 0 Å². The highest BCUT2D eigenvalue weighted by molar-refractivity contribution is 7.08. The number of aromatic nitrogens is 2. The third-order valence-electron chi connectivity index (χ3n) is 2.06. The van der Waals surface area contributed by atoms with E-state index in [2.05, 4.69) is 15.3 Å². The number of imidazole rings is 1. The first-order valence-electron chi connectivity index (χ1n) is 4.59. The van der Waals surface area contributed by atoms with Gasteiger partial charge in [0.2, 0.25) is 0 Å². The molecule has 0 aliphatic rings. The normalized spacial score (nSPS) is 12.3. The van der Waals surface area contributed by atoms with Crippen molar-refractivity contribution in [1.29, 1.82) is 0 Å². The maximum atomic E-state index is 11.7. The monoisotopic (exact) mass is 221 g/mol. The summed E-state index contributed by atoms with van der Waals surface area (Å²) >= 11 is 1.51. The first-order valence-corrected chi connectivity index (χ1v) is 5.54. The highest BCUT2D eigenvalue weighted by Crippen LogP contribution is 2.09. The van der Waals surface area contributed by atoms with Crippen molar-refractivity contribution in [3.05, 3.63) is 40.6 Å². The Morgan fingerprint density at radius 2 is 2.53 bits per heavy atom. The van der Waals surface area contributed by atoms with Gasteiger partial charge in [0.25, 0.3) is 5.91 Å². The van der Waals surface area contributed by atoms with Crippen molar-refractivity contribution < 1.29 is 4.79 Å². The van der Waals surface area contributed by atoms with Crippen molar-refractivity contribution in [2.24, 2.45) is 0 Å². The zero-order valence-corrected chi connectivity index (χ0v) is 9.04. The third-order valence-corrected chi connectivity index (χ3v) is 2.74. The average Bonchev–Trinajstić information content (AvgIpc) is 2.91. The van der Waals surface area contributed by atoms with Gasteiger partial charge in [0.15, 0.2) is 0 Å². The van der Waals surface area contributed by atoms with Crippen LogP contribution in [-0.4, -0.2) is 15.9 Å². The molecule has 2 aromatic heterocycles. The van der Waals surface area contributed by atoms with Crippen molar-refractivity contribution >= 4 is 17.2 Å². The number of thiophene rings is 1. The van der Waals surface area contributed by atoms with Gasteiger partial charge in [-0.15, -0.1) is 0 Å². The summed E-state index contributed by atoms with van der Waals surface area (Å²) in [4.78, 5) is 18.7. The van der Waals surface area contributed by atoms with E-state index >= 15 is 0 Å². The van der Waals surface area contributed by atoms with Gasteiger partial charge in [-0.05, 0) is 18.4 Å². The van der Waals surface area contributed by atoms with E-state index in [1.165, 1.54) is 11.3 Å². The minimum absolute atomic E-state index is 0.0693. The summed E-state index contributed by atoms with van der Waals surface area (Å²) in [6.45, 7) is 1.89. The molecule has 0 bridgehead atoms. The minimum Gasteiger partial charge on any atom is -0.347 e. The predicted molar refractivity (Wildman–Crippen MR) is 58.8 cm³/mol. The molecular formula is C10H11N3OS. The molecule has 0 aliphatic carbocycles. The molecule has 0 aromatic carbocycles. The molecule has 1 unspecified atom stereocenters. The summed E-state index contributed by atoms with van der Waals surface area (Å²) < 4.78 is 0. The van der Waals surface area contributed by atoms with E-state index in [0.717, 1.165) is 5.82 Å². The van der Waals surface area contributed by atoms with Crippen LogP contribution in [0.2, 0.25) is 0 Å². The molecule has 1 amide bonds. The second kappa shape index (κ2) is 4.27. The summed E-state index contributed by atoms with van der Waals surface area (Å²) in [5.41, 5.74) is 0.693. The fraction of sp³-hybridized carbons (Fsp3) is 0.200. The van der Waals surface area contributed by atoms with Crippen LogP contribution in [0.1, 0.15) is 29.1 Å². The van der Waals surface area contributed by atoms with E-state index in [0.29, 0.717) is 5.56 Å². The van der Waals surface area contributed by atoms with Crippen molar-refractivity contribution in [3.8, 4) is 0 Å². The molecule has 15 heavy (non-hydrogen) atoms. The molecule has 0 saturated carbocycles. The lowest BCUT2D eigenvalue weighted by Crippen LogP contribution is -2.26. The molecule has 2 aromatic rings. The summed E-state index contributed by atoms with van der Waals surface area (Å²) in [6.07, 6.45) is 3.41. The van der Waals surface area contributed by atoms with Crippen LogP contribution in [0.4, 0.5) is 0 Å². The van der Waals surface area contributed by atoms with Gasteiger partial charge in [-0.2, -0.15) is 11.3 Å². The summed E-state index contributed by atoms with van der Waals surface area (Å²) in [6, 6.07) is 1.70. The van der Waals surface area contributed by atoms with Crippen LogP contribution < -0.4 is 5.32 Å². The lowest BCUT2D eigenvalue weighted by atomic mass is 10.2. The van der Waals surface area contributed by atoms with Crippen molar-refractivity contribution in [2.75, 3.05) is 0 Å². The number of hydrogen-bond donors (Lipinski definition) is 2. The number of nitrogens with one attached hydrogen (secondary N) is 2. The molecule has 0 aliphatic heterocycles. The smallest absolute Gasteiger partial charge is 0.252 e. The number of amides is 1. The van der Waals surface area contributed by atoms with Gasteiger partial charge in [0.05, 0.1) is 11.6 Å². The first-order chi connectivity index (χ1) is 7.27. The molecule has 2 heterocycles. The Balaban J connectivity index is 2.01. The Kier molecular flexibility index (Phi) is 2.82. The molecule has 1 atom stereocenters. The summed E-state index contributed by atoms with van der Waals surface area (Å²) in [5.74, 6) is 0.693. The number of hydrogen-bond acceptors (Lipinski definition) is 3. The van der Waals surface area contributed by atoms with Crippen LogP contribution in [0.3, 0.4) is 0 Å². The Morgan fingerprint density at radius 3 is 3.13 bits per heavy atom. The van der Waals surface area contributed by atoms with Crippen LogP contribution in [0.5, 0.6) is 0 Å². The van der Waals surface area contributed by atoms with Crippen molar-refractivity contribution in [2.45, 2.75) is 13.0 Å². The van der Waals surface area contributed by atoms with Gasteiger partial charge < -0.3 is 10.3 Å². The van der Waals surface area contributed by atoms with Crippen LogP contribution >= 0.6 is 11.3 Å². The van der Waals surface area contributed by atoms with Gasteiger partial charge in [0, 0.05) is 17.8 Å². The number of nitrogens with zero attached hydrogens (tertiary/aromatic N) is 1. The molecule has 4 nitrogen and oxygen atoms in total. The van der Waals surface area contributed by atoms with E-state index in [1.54, 1.807) is 18.5 Å². The van der Waals surface area contributed by atoms with Crippen molar-refractivity contribution in [3.63, 3.8) is 0 Å². The van der Waals surface area contributed by atoms with Crippen molar-refractivity contribution in [1.82, 2.24) is 15.3 Å². The molecule has 78 valence electrons. The number of rotatable bonds is 3. The third kappa shape index (κ3) is 2.24. The van der Waals surface area contributed by atoms with Crippen LogP contribution in [0.25, 0.3) is 0 Å². The zero-order chi connectivity index (χ0) is 10.7. The molecular weight excluding hydrogens is 210 g/mol. The SMILES string of the molecule is CC(NC(=O)c1ccsc1)c1ncc[nH]1. The molecule has 0 spiro atoms. The molecule has 2 N–H and O–H groups in total. The van der Waals surface area contributed by atoms with Gasteiger partial charge >= 0.3 is 0 Å². The second-order valence-electron chi connectivity index (χ2n) is 3.18. The molecule has 2 rings (SSSR count). The molecule has 5 heteroatoms. The molecule has 0 saturated heterocycles. The number of carbonyl (C=O) groups is 1. The Morgan fingerprint density at radius 1 is 1.67 bits per heavy atom. The minimum atomic E-state index is -0.104. The van der Waals surface area contributed by atoms with Crippen LogP contribution in [0.15, 0.2) is 29.2 Å². The van der Waals surface area contributed by atoms with E-state index in [-0.39, 0.29) is 11.9 Å². The van der Waals surface area contributed by atoms with Gasteiger partial charge in [-0.25, -0.2) is 4.98 Å². The van der Waals surface area contributed by atoms with Crippen LogP contribution in [-0.2, 0) is 0 Å². The highest BCUT2D eigenvalue weighted by atomic mass is 32.1. The van der Waals surface area contributed by atoms with E-state index in [4.69, 9.17) is 0 Å². The predicted octanol–water partition coefficient (Wildman–Crippen LogP) is 1.96. The summed E-state index contributed by atoms with van der Waals surface area (Å²) in [5, 5.41) is 6.56. The van der Waals surface area contributed by atoms with E-state index < -0.39 is 0 Å². The number of carbonyl (C=O) groups excluding carboxylic acids is 1.